The van der Waals surface area contributed by atoms with Crippen molar-refractivity contribution in [3.63, 3.8) is 0 Å². The molecule has 0 atom stereocenters. The van der Waals surface area contributed by atoms with Crippen LogP contribution in [0, 0.1) is 0 Å². The maximum absolute atomic E-state index is 2.30. The van der Waals surface area contributed by atoms with Gasteiger partial charge in [-0.2, -0.15) is 0 Å². The highest BCUT2D eigenvalue weighted by molar-refractivity contribution is 9.36. The number of fused-ring (bicyclic) bond motifs is 2. The third-order valence-corrected chi connectivity index (χ3v) is 14.0. The van der Waals surface area contributed by atoms with Crippen molar-refractivity contribution < 1.29 is 0 Å². The number of hydrogen-bond acceptors (Lipinski definition) is 7. The van der Waals surface area contributed by atoms with Gasteiger partial charge in [-0.15, -0.1) is 23.5 Å². The first-order chi connectivity index (χ1) is 8.86. The zero-order valence-corrected chi connectivity index (χ0v) is 15.7. The molecule has 0 saturated heterocycles. The van der Waals surface area contributed by atoms with Gasteiger partial charge < -0.3 is 0 Å². The van der Waals surface area contributed by atoms with Crippen LogP contribution in [-0.4, -0.2) is 5.08 Å². The van der Waals surface area contributed by atoms with E-state index in [2.05, 4.69) is 13.8 Å². The molecule has 18 heavy (non-hydrogen) atoms. The lowest BCUT2D eigenvalue weighted by molar-refractivity contribution is 0.883. The van der Waals surface area contributed by atoms with Crippen LogP contribution in [0.15, 0.2) is 19.6 Å². The van der Waals surface area contributed by atoms with Crippen molar-refractivity contribution in [3.05, 3.63) is 11.1 Å². The van der Waals surface area contributed by atoms with Gasteiger partial charge in [0.05, 0.1) is 0 Å². The third-order valence-electron chi connectivity index (χ3n) is 2.91. The Balaban J connectivity index is 2.25. The Hall–Kier alpha value is 1.67. The molecule has 0 spiro atoms. The van der Waals surface area contributed by atoms with Crippen molar-refractivity contribution in [2.24, 2.45) is 0 Å². The molecule has 0 fully saturated rings. The average Bonchev–Trinajstić information content (AvgIpc) is 2.73. The van der Waals surface area contributed by atoms with Crippen molar-refractivity contribution in [1.82, 2.24) is 0 Å². The zero-order valence-electron chi connectivity index (χ0n) is 9.98. The second kappa shape index (κ2) is 6.62. The molecule has 2 aliphatic rings. The van der Waals surface area contributed by atoms with Crippen LogP contribution in [0.25, 0.3) is 0 Å². The highest BCUT2D eigenvalue weighted by atomic mass is 33.8. The van der Waals surface area contributed by atoms with Crippen LogP contribution < -0.4 is 0 Å². The molecule has 0 unspecified atom stereocenters. The second-order valence-corrected chi connectivity index (χ2v) is 13.6. The SMILES string of the molecule is CCc1c2c(c(CC)c3c1SSSSS3)SCS2. The molecule has 98 valence electrons. The molecule has 3 rings (SSSR count). The molecular weight excluding hydrogens is 357 g/mol. The highest BCUT2D eigenvalue weighted by Gasteiger charge is 2.28. The van der Waals surface area contributed by atoms with E-state index < -0.39 is 0 Å². The van der Waals surface area contributed by atoms with E-state index in [0.29, 0.717) is 0 Å². The van der Waals surface area contributed by atoms with E-state index in [1.54, 1.807) is 30.7 Å². The Labute approximate surface area is 136 Å². The molecule has 0 nitrogen and oxygen atoms in total. The van der Waals surface area contributed by atoms with Gasteiger partial charge in [-0.25, -0.2) is 0 Å². The normalized spacial score (nSPS) is 18.3. The van der Waals surface area contributed by atoms with Gasteiger partial charge >= 0.3 is 0 Å². The fourth-order valence-corrected chi connectivity index (χ4v) is 14.6. The van der Waals surface area contributed by atoms with E-state index in [9.17, 15) is 0 Å². The van der Waals surface area contributed by atoms with Crippen molar-refractivity contribution >= 4 is 74.6 Å². The topological polar surface area (TPSA) is 0 Å². The van der Waals surface area contributed by atoms with Gasteiger partial charge in [0.25, 0.3) is 0 Å². The summed E-state index contributed by atoms with van der Waals surface area (Å²) in [6.45, 7) is 4.60. The largest absolute Gasteiger partial charge is 0.113 e. The number of benzene rings is 1. The van der Waals surface area contributed by atoms with E-state index in [1.807, 2.05) is 74.6 Å². The van der Waals surface area contributed by atoms with Crippen LogP contribution in [0.3, 0.4) is 0 Å². The zero-order chi connectivity index (χ0) is 12.5. The number of hydrogen-bond donors (Lipinski definition) is 0. The van der Waals surface area contributed by atoms with E-state index >= 15 is 0 Å². The summed E-state index contributed by atoms with van der Waals surface area (Å²) in [5.41, 5.74) is 3.20. The van der Waals surface area contributed by atoms with Gasteiger partial charge in [0.15, 0.2) is 0 Å². The summed E-state index contributed by atoms with van der Waals surface area (Å²) < 4.78 is 0. The van der Waals surface area contributed by atoms with Crippen molar-refractivity contribution in [3.8, 4) is 0 Å². The molecule has 0 aliphatic carbocycles. The fraction of sp³-hybridized carbons (Fsp3) is 0.455. The maximum atomic E-state index is 2.30. The fourth-order valence-electron chi connectivity index (χ4n) is 2.13. The monoisotopic (exact) mass is 368 g/mol. The molecule has 0 saturated carbocycles. The summed E-state index contributed by atoms with van der Waals surface area (Å²) in [6.07, 6.45) is 2.32. The van der Waals surface area contributed by atoms with Gasteiger partial charge in [-0.05, 0) is 75.0 Å². The first kappa shape index (κ1) is 14.6. The Morgan fingerprint density at radius 1 is 0.722 bits per heavy atom. The summed E-state index contributed by atoms with van der Waals surface area (Å²) in [6, 6.07) is 0. The van der Waals surface area contributed by atoms with Gasteiger partial charge in [0.2, 0.25) is 0 Å². The molecular formula is C11H12S7. The van der Waals surface area contributed by atoms with Crippen molar-refractivity contribution in [2.75, 3.05) is 5.08 Å². The number of thioether (sulfide) groups is 2. The third kappa shape index (κ3) is 2.57. The minimum Gasteiger partial charge on any atom is -0.113 e. The minimum absolute atomic E-state index is 1.16. The summed E-state index contributed by atoms with van der Waals surface area (Å²) in [5.74, 6) is 0. The average molecular weight is 369 g/mol. The van der Waals surface area contributed by atoms with Crippen LogP contribution >= 0.6 is 74.6 Å². The van der Waals surface area contributed by atoms with Crippen LogP contribution in [0.4, 0.5) is 0 Å². The first-order valence-corrected chi connectivity index (χ1v) is 13.8. The van der Waals surface area contributed by atoms with Crippen molar-refractivity contribution in [2.45, 2.75) is 46.3 Å². The van der Waals surface area contributed by atoms with E-state index in [4.69, 9.17) is 0 Å². The molecule has 0 aromatic heterocycles. The predicted octanol–water partition coefficient (Wildman–Crippen LogP) is 7.02. The summed E-state index contributed by atoms with van der Waals surface area (Å²) in [5, 5.41) is 1.20. The highest BCUT2D eigenvalue weighted by Crippen LogP contribution is 2.63. The van der Waals surface area contributed by atoms with Crippen LogP contribution in [0.2, 0.25) is 0 Å². The first-order valence-electron chi connectivity index (χ1n) is 5.68. The minimum atomic E-state index is 1.16. The van der Waals surface area contributed by atoms with Gasteiger partial charge in [0, 0.05) is 24.7 Å². The molecule has 0 radical (unpaired) electrons. The number of rotatable bonds is 2. The summed E-state index contributed by atoms with van der Waals surface area (Å²) >= 11 is 4.09. The maximum Gasteiger partial charge on any atom is 0.0487 e. The molecule has 0 bridgehead atoms. The molecule has 7 heteroatoms. The van der Waals surface area contributed by atoms with E-state index in [1.165, 1.54) is 5.08 Å². The predicted molar refractivity (Wildman–Crippen MR) is 96.3 cm³/mol. The lowest BCUT2D eigenvalue weighted by atomic mass is 10.1. The Bertz CT molecular complexity index is 430. The molecule has 0 amide bonds. The second-order valence-electron chi connectivity index (χ2n) is 3.76. The lowest BCUT2D eigenvalue weighted by Gasteiger charge is -2.18. The van der Waals surface area contributed by atoms with Gasteiger partial charge in [0.1, 0.15) is 0 Å². The molecule has 2 aliphatic heterocycles. The Morgan fingerprint density at radius 2 is 1.22 bits per heavy atom. The standard InChI is InChI=1S/C11H12S7/c1-3-6-8-9(13-5-12-8)7(4-2)11-10(6)14-16-18-17-15-11/h3-5H2,1-2H3. The van der Waals surface area contributed by atoms with Gasteiger partial charge in [-0.1, -0.05) is 13.8 Å². The summed E-state index contributed by atoms with van der Waals surface area (Å²) in [7, 11) is 9.66. The summed E-state index contributed by atoms with van der Waals surface area (Å²) in [4.78, 5) is 6.28. The van der Waals surface area contributed by atoms with Crippen molar-refractivity contribution in [1.29, 1.82) is 0 Å². The quantitative estimate of drug-likeness (QED) is 0.507. The van der Waals surface area contributed by atoms with Crippen LogP contribution in [0.1, 0.15) is 25.0 Å². The molecule has 0 N–H and O–H groups in total. The van der Waals surface area contributed by atoms with E-state index in [0.717, 1.165) is 12.8 Å². The molecule has 2 heterocycles. The smallest absolute Gasteiger partial charge is 0.0487 e. The molecule has 1 aromatic carbocycles. The molecule has 1 aromatic rings. The lowest BCUT2D eigenvalue weighted by Crippen LogP contribution is -1.98. The van der Waals surface area contributed by atoms with E-state index in [-0.39, 0.29) is 0 Å². The van der Waals surface area contributed by atoms with Gasteiger partial charge in [-0.3, -0.25) is 0 Å². The van der Waals surface area contributed by atoms with Crippen LogP contribution in [0.5, 0.6) is 0 Å². The Kier molecular flexibility index (Phi) is 5.37. The Morgan fingerprint density at radius 3 is 1.67 bits per heavy atom. The van der Waals surface area contributed by atoms with Crippen LogP contribution in [-0.2, 0) is 12.8 Å².